The van der Waals surface area contributed by atoms with Gasteiger partial charge in [-0.1, -0.05) is 13.0 Å². The third kappa shape index (κ3) is 4.34. The fourth-order valence-corrected chi connectivity index (χ4v) is 4.41. The van der Waals surface area contributed by atoms with E-state index in [9.17, 15) is 13.2 Å². The quantitative estimate of drug-likeness (QED) is 0.802. The molecule has 0 radical (unpaired) electrons. The summed E-state index contributed by atoms with van der Waals surface area (Å²) in [5.74, 6) is 0.0651. The van der Waals surface area contributed by atoms with E-state index in [0.29, 0.717) is 12.1 Å². The molecule has 1 aromatic carbocycles. The minimum absolute atomic E-state index is 0.0218. The molecule has 0 aromatic heterocycles. The zero-order valence-electron chi connectivity index (χ0n) is 14.3. The normalized spacial score (nSPS) is 15.8. The van der Waals surface area contributed by atoms with Crippen LogP contribution in [-0.4, -0.2) is 43.3 Å². The van der Waals surface area contributed by atoms with Crippen LogP contribution in [-0.2, 0) is 22.7 Å². The Kier molecular flexibility index (Phi) is 5.84. The van der Waals surface area contributed by atoms with Gasteiger partial charge in [0.1, 0.15) is 0 Å². The molecule has 0 spiro atoms. The van der Waals surface area contributed by atoms with Crippen LogP contribution in [0.5, 0.6) is 0 Å². The molecule has 0 unspecified atom stereocenters. The number of nitrogens with zero attached hydrogens (tertiary/aromatic N) is 1. The summed E-state index contributed by atoms with van der Waals surface area (Å²) in [5.41, 5.74) is 3.29. The highest BCUT2D eigenvalue weighted by molar-refractivity contribution is 7.91. The lowest BCUT2D eigenvalue weighted by Gasteiger charge is -2.28. The molecule has 0 bridgehead atoms. The molecule has 1 amide bonds. The Hall–Kier alpha value is -1.36. The lowest BCUT2D eigenvalue weighted by atomic mass is 9.90. The molecule has 2 rings (SSSR count). The van der Waals surface area contributed by atoms with Crippen molar-refractivity contribution in [1.82, 2.24) is 4.90 Å². The second-order valence-corrected chi connectivity index (χ2v) is 8.73. The number of carbonyl (C=O) groups is 1. The molecule has 128 valence electrons. The second-order valence-electron chi connectivity index (χ2n) is 6.33. The van der Waals surface area contributed by atoms with Crippen molar-refractivity contribution in [2.24, 2.45) is 0 Å². The second kappa shape index (κ2) is 7.47. The van der Waals surface area contributed by atoms with Crippen LogP contribution in [0.3, 0.4) is 0 Å². The molecule has 0 saturated carbocycles. The van der Waals surface area contributed by atoms with E-state index in [2.05, 4.69) is 6.07 Å². The summed E-state index contributed by atoms with van der Waals surface area (Å²) in [7, 11) is -3.10. The van der Waals surface area contributed by atoms with Crippen molar-refractivity contribution in [3.8, 4) is 0 Å². The first-order valence-electron chi connectivity index (χ1n) is 8.51. The van der Waals surface area contributed by atoms with Gasteiger partial charge in [-0.25, -0.2) is 8.42 Å². The van der Waals surface area contributed by atoms with Crippen LogP contribution in [0.2, 0.25) is 0 Å². The fourth-order valence-electron chi connectivity index (χ4n) is 3.26. The maximum Gasteiger partial charge on any atom is 0.254 e. The number of amides is 1. The summed E-state index contributed by atoms with van der Waals surface area (Å²) in [5, 5.41) is 0. The number of carbonyl (C=O) groups excluding carboxylic acids is 1. The van der Waals surface area contributed by atoms with Crippen molar-refractivity contribution in [3.63, 3.8) is 0 Å². The van der Waals surface area contributed by atoms with Crippen molar-refractivity contribution >= 4 is 15.7 Å². The fraction of sp³-hybridized carbons (Fsp3) is 0.611. The van der Waals surface area contributed by atoms with Crippen LogP contribution in [0.15, 0.2) is 18.2 Å². The predicted molar refractivity (Wildman–Crippen MR) is 93.6 cm³/mol. The van der Waals surface area contributed by atoms with Crippen LogP contribution < -0.4 is 0 Å². The Balaban J connectivity index is 2.19. The first kappa shape index (κ1) is 18.0. The van der Waals surface area contributed by atoms with Crippen LogP contribution in [0.25, 0.3) is 0 Å². The lowest BCUT2D eigenvalue weighted by Crippen LogP contribution is -2.42. The van der Waals surface area contributed by atoms with Gasteiger partial charge in [-0.2, -0.15) is 0 Å². The van der Waals surface area contributed by atoms with Crippen LogP contribution in [0, 0.1) is 0 Å². The van der Waals surface area contributed by atoms with Crippen molar-refractivity contribution in [2.75, 3.05) is 18.1 Å². The van der Waals surface area contributed by atoms with E-state index in [4.69, 9.17) is 0 Å². The number of fused-ring (bicyclic) bond motifs is 1. The van der Waals surface area contributed by atoms with Crippen molar-refractivity contribution < 1.29 is 13.2 Å². The number of hydrogen-bond acceptors (Lipinski definition) is 3. The van der Waals surface area contributed by atoms with Crippen molar-refractivity contribution in [2.45, 2.75) is 52.5 Å². The Labute approximate surface area is 139 Å². The number of hydrogen-bond donors (Lipinski definition) is 0. The van der Waals surface area contributed by atoms with E-state index >= 15 is 0 Å². The molecule has 1 aliphatic rings. The van der Waals surface area contributed by atoms with Gasteiger partial charge in [0, 0.05) is 23.9 Å². The zero-order chi connectivity index (χ0) is 17.0. The average molecular weight is 337 g/mol. The van der Waals surface area contributed by atoms with Gasteiger partial charge in [-0.15, -0.1) is 0 Å². The third-order valence-electron chi connectivity index (χ3n) is 4.66. The van der Waals surface area contributed by atoms with Gasteiger partial charge >= 0.3 is 0 Å². The third-order valence-corrected chi connectivity index (χ3v) is 6.53. The van der Waals surface area contributed by atoms with Crippen LogP contribution in [0.1, 0.15) is 55.1 Å². The molecule has 0 heterocycles. The minimum atomic E-state index is -3.10. The summed E-state index contributed by atoms with van der Waals surface area (Å²) in [6.07, 6.45) is 4.51. The van der Waals surface area contributed by atoms with Crippen molar-refractivity contribution in [1.29, 1.82) is 0 Å². The standard InChI is InChI=1S/C18H27NO3S/c1-4-19(14(3)13-23(21,22)5-2)18(20)17-11-10-15-8-6-7-9-16(15)12-17/h10-12,14H,4-9,13H2,1-3H3/t14-/m1/s1. The largest absolute Gasteiger partial charge is 0.335 e. The number of rotatable bonds is 6. The summed E-state index contributed by atoms with van der Waals surface area (Å²) in [6, 6.07) is 5.63. The van der Waals surface area contributed by atoms with Gasteiger partial charge in [-0.3, -0.25) is 4.79 Å². The summed E-state index contributed by atoms with van der Waals surface area (Å²) in [4.78, 5) is 14.5. The van der Waals surface area contributed by atoms with E-state index in [1.54, 1.807) is 11.8 Å². The lowest BCUT2D eigenvalue weighted by molar-refractivity contribution is 0.0719. The molecule has 23 heavy (non-hydrogen) atoms. The molecule has 1 aromatic rings. The van der Waals surface area contributed by atoms with Gasteiger partial charge in [0.25, 0.3) is 5.91 Å². The Bertz CT molecular complexity index is 667. The highest BCUT2D eigenvalue weighted by atomic mass is 32.2. The van der Waals surface area contributed by atoms with Crippen LogP contribution >= 0.6 is 0 Å². The Morgan fingerprint density at radius 3 is 2.43 bits per heavy atom. The van der Waals surface area contributed by atoms with Crippen LogP contribution in [0.4, 0.5) is 0 Å². The molecule has 5 heteroatoms. The SMILES string of the molecule is CCN(C(=O)c1ccc2c(c1)CCCC2)[C@H](C)CS(=O)(=O)CC. The smallest absolute Gasteiger partial charge is 0.254 e. The van der Waals surface area contributed by atoms with Gasteiger partial charge in [0.05, 0.1) is 5.75 Å². The first-order chi connectivity index (χ1) is 10.9. The summed E-state index contributed by atoms with van der Waals surface area (Å²) in [6.45, 7) is 5.86. The van der Waals surface area contributed by atoms with Gasteiger partial charge in [0.15, 0.2) is 9.84 Å². The van der Waals surface area contributed by atoms with Gasteiger partial charge in [-0.05, 0) is 62.8 Å². The monoisotopic (exact) mass is 337 g/mol. The number of aryl methyl sites for hydroxylation is 2. The summed E-state index contributed by atoms with van der Waals surface area (Å²) >= 11 is 0. The minimum Gasteiger partial charge on any atom is -0.335 e. The van der Waals surface area contributed by atoms with Crippen molar-refractivity contribution in [3.05, 3.63) is 34.9 Å². The Morgan fingerprint density at radius 1 is 1.17 bits per heavy atom. The molecule has 0 aliphatic heterocycles. The number of sulfone groups is 1. The van der Waals surface area contributed by atoms with E-state index < -0.39 is 9.84 Å². The average Bonchev–Trinajstić information content (AvgIpc) is 2.54. The van der Waals surface area contributed by atoms with E-state index in [1.807, 2.05) is 26.0 Å². The number of benzene rings is 1. The van der Waals surface area contributed by atoms with E-state index in [1.165, 1.54) is 24.0 Å². The summed E-state index contributed by atoms with van der Waals surface area (Å²) < 4.78 is 23.7. The molecule has 0 N–H and O–H groups in total. The Morgan fingerprint density at radius 2 is 1.83 bits per heavy atom. The zero-order valence-corrected chi connectivity index (χ0v) is 15.2. The van der Waals surface area contributed by atoms with E-state index in [0.717, 1.165) is 12.8 Å². The van der Waals surface area contributed by atoms with Gasteiger partial charge < -0.3 is 4.90 Å². The highest BCUT2D eigenvalue weighted by Gasteiger charge is 2.24. The molecular formula is C18H27NO3S. The topological polar surface area (TPSA) is 54.5 Å². The molecule has 0 fully saturated rings. The van der Waals surface area contributed by atoms with E-state index in [-0.39, 0.29) is 23.5 Å². The van der Waals surface area contributed by atoms with Gasteiger partial charge in [0.2, 0.25) is 0 Å². The molecule has 1 aliphatic carbocycles. The molecule has 1 atom stereocenters. The molecule has 0 saturated heterocycles. The highest BCUT2D eigenvalue weighted by Crippen LogP contribution is 2.23. The predicted octanol–water partition coefficient (Wildman–Crippen LogP) is 2.85. The maximum atomic E-state index is 12.8. The molecular weight excluding hydrogens is 310 g/mol. The molecule has 4 nitrogen and oxygen atoms in total. The maximum absolute atomic E-state index is 12.8. The first-order valence-corrected chi connectivity index (χ1v) is 10.3.